The van der Waals surface area contributed by atoms with Gasteiger partial charge in [0.05, 0.1) is 19.9 Å². The molecule has 1 amide bonds. The Hall–Kier alpha value is -2.86. The second-order valence-corrected chi connectivity index (χ2v) is 5.16. The quantitative estimate of drug-likeness (QED) is 0.645. The van der Waals surface area contributed by atoms with Gasteiger partial charge < -0.3 is 14.8 Å². The van der Waals surface area contributed by atoms with E-state index in [1.807, 2.05) is 42.5 Å². The molecule has 2 rings (SSSR count). The van der Waals surface area contributed by atoms with Gasteiger partial charge in [-0.25, -0.2) is 0 Å². The molecule has 0 aliphatic heterocycles. The van der Waals surface area contributed by atoms with Crippen LogP contribution in [0.4, 0.5) is 5.69 Å². The Balaban J connectivity index is 1.91. The third-order valence-corrected chi connectivity index (χ3v) is 3.34. The number of methoxy groups -OCH3 is 2. The summed E-state index contributed by atoms with van der Waals surface area (Å²) in [7, 11) is 3.17. The molecule has 0 bridgehead atoms. The first-order valence-electron chi connectivity index (χ1n) is 7.19. The number of rotatable bonds is 5. The van der Waals surface area contributed by atoms with Crippen LogP contribution in [0.5, 0.6) is 11.5 Å². The highest BCUT2D eigenvalue weighted by Gasteiger charge is 2.05. The van der Waals surface area contributed by atoms with Crippen LogP contribution in [-0.4, -0.2) is 25.2 Å². The summed E-state index contributed by atoms with van der Waals surface area (Å²) in [6.07, 6.45) is 3.11. The number of anilines is 1. The maximum absolute atomic E-state index is 11.9. The lowest BCUT2D eigenvalue weighted by Crippen LogP contribution is -2.32. The number of para-hydroxylation sites is 2. The monoisotopic (exact) mass is 342 g/mol. The zero-order chi connectivity index (χ0) is 17.4. The second-order valence-electron chi connectivity index (χ2n) is 4.75. The van der Waals surface area contributed by atoms with E-state index in [9.17, 15) is 4.79 Å². The Kier molecular flexibility index (Phi) is 6.33. The highest BCUT2D eigenvalue weighted by molar-refractivity contribution is 7.80. The van der Waals surface area contributed by atoms with Gasteiger partial charge in [-0.3, -0.25) is 10.1 Å². The van der Waals surface area contributed by atoms with Crippen molar-refractivity contribution in [1.82, 2.24) is 5.32 Å². The van der Waals surface area contributed by atoms with Crippen molar-refractivity contribution in [2.45, 2.75) is 0 Å². The van der Waals surface area contributed by atoms with E-state index in [1.54, 1.807) is 26.4 Å². The van der Waals surface area contributed by atoms with Gasteiger partial charge in [0.1, 0.15) is 11.5 Å². The van der Waals surface area contributed by atoms with Crippen LogP contribution in [-0.2, 0) is 4.79 Å². The largest absolute Gasteiger partial charge is 0.497 e. The predicted molar refractivity (Wildman–Crippen MR) is 99.4 cm³/mol. The van der Waals surface area contributed by atoms with E-state index in [2.05, 4.69) is 10.6 Å². The molecule has 0 saturated heterocycles. The molecular weight excluding hydrogens is 324 g/mol. The van der Waals surface area contributed by atoms with E-state index >= 15 is 0 Å². The Morgan fingerprint density at radius 2 is 1.75 bits per heavy atom. The molecule has 0 atom stereocenters. The molecular formula is C18H18N2O3S. The molecule has 5 nitrogen and oxygen atoms in total. The van der Waals surface area contributed by atoms with Crippen LogP contribution >= 0.6 is 12.2 Å². The Morgan fingerprint density at radius 3 is 2.42 bits per heavy atom. The number of ether oxygens (including phenoxy) is 2. The average Bonchev–Trinajstić information content (AvgIpc) is 2.60. The fourth-order valence-electron chi connectivity index (χ4n) is 1.94. The molecule has 24 heavy (non-hydrogen) atoms. The molecule has 0 fully saturated rings. The van der Waals surface area contributed by atoms with Gasteiger partial charge in [-0.1, -0.05) is 24.3 Å². The van der Waals surface area contributed by atoms with Crippen LogP contribution in [0.2, 0.25) is 0 Å². The van der Waals surface area contributed by atoms with E-state index in [0.29, 0.717) is 11.4 Å². The summed E-state index contributed by atoms with van der Waals surface area (Å²) in [6, 6.07) is 14.7. The molecule has 0 saturated carbocycles. The summed E-state index contributed by atoms with van der Waals surface area (Å²) in [5, 5.41) is 5.71. The zero-order valence-corrected chi connectivity index (χ0v) is 14.2. The Labute approximate surface area is 146 Å². The molecule has 2 N–H and O–H groups in total. The van der Waals surface area contributed by atoms with Crippen LogP contribution in [0.3, 0.4) is 0 Å². The molecule has 0 aliphatic carbocycles. The summed E-state index contributed by atoms with van der Waals surface area (Å²) in [4.78, 5) is 11.9. The first kappa shape index (κ1) is 17.5. The van der Waals surface area contributed by atoms with E-state index in [4.69, 9.17) is 21.7 Å². The van der Waals surface area contributed by atoms with Crippen LogP contribution in [0.25, 0.3) is 6.08 Å². The summed E-state index contributed by atoms with van der Waals surface area (Å²) < 4.78 is 10.3. The van der Waals surface area contributed by atoms with E-state index in [1.165, 1.54) is 6.08 Å². The lowest BCUT2D eigenvalue weighted by atomic mass is 10.2. The topological polar surface area (TPSA) is 59.6 Å². The number of nitrogens with one attached hydrogen (secondary N) is 2. The summed E-state index contributed by atoms with van der Waals surface area (Å²) in [5.74, 6) is 1.08. The van der Waals surface area contributed by atoms with Gasteiger partial charge in [0.15, 0.2) is 5.11 Å². The highest BCUT2D eigenvalue weighted by atomic mass is 32.1. The SMILES string of the molecule is COc1ccc(/C=C/C(=O)NC(=S)Nc2ccccc2OC)cc1. The van der Waals surface area contributed by atoms with E-state index in [0.717, 1.165) is 11.3 Å². The van der Waals surface area contributed by atoms with Gasteiger partial charge in [0.25, 0.3) is 0 Å². The molecule has 0 radical (unpaired) electrons. The van der Waals surface area contributed by atoms with Gasteiger partial charge in [-0.05, 0) is 48.1 Å². The zero-order valence-electron chi connectivity index (χ0n) is 13.4. The van der Waals surface area contributed by atoms with Crippen molar-refractivity contribution in [3.8, 4) is 11.5 Å². The van der Waals surface area contributed by atoms with Crippen molar-refractivity contribution in [3.05, 3.63) is 60.2 Å². The standard InChI is InChI=1S/C18H18N2O3S/c1-22-14-10-7-13(8-11-14)9-12-17(21)20-18(24)19-15-5-3-4-6-16(15)23-2/h3-12H,1-2H3,(H2,19,20,21,24)/b12-9+. The molecule has 0 heterocycles. The number of thiocarbonyl (C=S) groups is 1. The van der Waals surface area contributed by atoms with Gasteiger partial charge in [0.2, 0.25) is 5.91 Å². The van der Waals surface area contributed by atoms with Crippen molar-refractivity contribution in [2.75, 3.05) is 19.5 Å². The summed E-state index contributed by atoms with van der Waals surface area (Å²) in [5.41, 5.74) is 1.57. The van der Waals surface area contributed by atoms with Crippen LogP contribution in [0.1, 0.15) is 5.56 Å². The molecule has 2 aromatic rings. The fourth-order valence-corrected chi connectivity index (χ4v) is 2.15. The lowest BCUT2D eigenvalue weighted by molar-refractivity contribution is -0.115. The second kappa shape index (κ2) is 8.69. The predicted octanol–water partition coefficient (Wildman–Crippen LogP) is 3.23. The first-order chi connectivity index (χ1) is 11.6. The van der Waals surface area contributed by atoms with E-state index in [-0.39, 0.29) is 11.0 Å². The normalized spacial score (nSPS) is 10.2. The third kappa shape index (κ3) is 5.10. The van der Waals surface area contributed by atoms with Crippen LogP contribution < -0.4 is 20.1 Å². The molecule has 0 aliphatic rings. The van der Waals surface area contributed by atoms with Gasteiger partial charge in [-0.15, -0.1) is 0 Å². The molecule has 124 valence electrons. The molecule has 0 spiro atoms. The summed E-state index contributed by atoms with van der Waals surface area (Å²) >= 11 is 5.13. The average molecular weight is 342 g/mol. The number of hydrogen-bond donors (Lipinski definition) is 2. The lowest BCUT2D eigenvalue weighted by Gasteiger charge is -2.11. The third-order valence-electron chi connectivity index (χ3n) is 3.13. The van der Waals surface area contributed by atoms with Crippen LogP contribution in [0, 0.1) is 0 Å². The van der Waals surface area contributed by atoms with Crippen molar-refractivity contribution >= 4 is 35.0 Å². The summed E-state index contributed by atoms with van der Waals surface area (Å²) in [6.45, 7) is 0. The molecule has 2 aromatic carbocycles. The highest BCUT2D eigenvalue weighted by Crippen LogP contribution is 2.22. The minimum Gasteiger partial charge on any atom is -0.497 e. The number of benzene rings is 2. The number of amides is 1. The fraction of sp³-hybridized carbons (Fsp3) is 0.111. The van der Waals surface area contributed by atoms with Crippen molar-refractivity contribution < 1.29 is 14.3 Å². The van der Waals surface area contributed by atoms with E-state index < -0.39 is 0 Å². The van der Waals surface area contributed by atoms with Crippen LogP contribution in [0.15, 0.2) is 54.6 Å². The van der Waals surface area contributed by atoms with Gasteiger partial charge >= 0.3 is 0 Å². The minimum absolute atomic E-state index is 0.198. The Bertz CT molecular complexity index is 742. The molecule has 0 aromatic heterocycles. The Morgan fingerprint density at radius 1 is 1.04 bits per heavy atom. The number of carbonyl (C=O) groups excluding carboxylic acids is 1. The molecule has 0 unspecified atom stereocenters. The smallest absolute Gasteiger partial charge is 0.250 e. The maximum atomic E-state index is 11.9. The number of carbonyl (C=O) groups is 1. The maximum Gasteiger partial charge on any atom is 0.250 e. The number of hydrogen-bond acceptors (Lipinski definition) is 4. The van der Waals surface area contributed by atoms with Crippen molar-refractivity contribution in [3.63, 3.8) is 0 Å². The minimum atomic E-state index is -0.321. The van der Waals surface area contributed by atoms with Gasteiger partial charge in [0, 0.05) is 6.08 Å². The van der Waals surface area contributed by atoms with Gasteiger partial charge in [-0.2, -0.15) is 0 Å². The first-order valence-corrected chi connectivity index (χ1v) is 7.60. The van der Waals surface area contributed by atoms with Crippen molar-refractivity contribution in [2.24, 2.45) is 0 Å². The van der Waals surface area contributed by atoms with Crippen molar-refractivity contribution in [1.29, 1.82) is 0 Å². The molecule has 6 heteroatoms.